The van der Waals surface area contributed by atoms with Crippen LogP contribution in [0.1, 0.15) is 12.5 Å². The minimum Gasteiger partial charge on any atom is -0.508 e. The van der Waals surface area contributed by atoms with Gasteiger partial charge in [-0.3, -0.25) is 5.43 Å². The number of hydrogen-bond donors (Lipinski definition) is 2. The molecule has 0 aromatic heterocycles. The number of hydrazone groups is 1. The Balaban J connectivity index is 2.08. The van der Waals surface area contributed by atoms with Gasteiger partial charge in [0.2, 0.25) is 0 Å². The molecule has 2 N–H and O–H groups in total. The van der Waals surface area contributed by atoms with Crippen molar-refractivity contribution in [2.45, 2.75) is 6.92 Å². The highest BCUT2D eigenvalue weighted by Gasteiger charge is 1.95. The van der Waals surface area contributed by atoms with Crippen LogP contribution in [0.25, 0.3) is 0 Å². The summed E-state index contributed by atoms with van der Waals surface area (Å²) in [5.41, 5.74) is 5.79. The zero-order valence-electron chi connectivity index (χ0n) is 9.59. The smallest absolute Gasteiger partial charge is 0.115 e. The molecule has 3 heteroatoms. The van der Waals surface area contributed by atoms with Gasteiger partial charge in [0, 0.05) is 0 Å². The van der Waals surface area contributed by atoms with Crippen LogP contribution in [0.3, 0.4) is 0 Å². The van der Waals surface area contributed by atoms with Crippen molar-refractivity contribution >= 4 is 11.4 Å². The van der Waals surface area contributed by atoms with Gasteiger partial charge in [0.25, 0.3) is 0 Å². The van der Waals surface area contributed by atoms with Crippen LogP contribution in [0, 0.1) is 0 Å². The average molecular weight is 226 g/mol. The molecule has 0 spiro atoms. The fourth-order valence-electron chi connectivity index (χ4n) is 1.43. The Bertz CT molecular complexity index is 504. The van der Waals surface area contributed by atoms with Gasteiger partial charge >= 0.3 is 0 Å². The number of benzene rings is 2. The van der Waals surface area contributed by atoms with Crippen molar-refractivity contribution in [3.63, 3.8) is 0 Å². The summed E-state index contributed by atoms with van der Waals surface area (Å²) in [6.45, 7) is 1.95. The highest BCUT2D eigenvalue weighted by Crippen LogP contribution is 2.13. The van der Waals surface area contributed by atoms with E-state index in [4.69, 9.17) is 5.11 Å². The highest BCUT2D eigenvalue weighted by atomic mass is 16.3. The number of hydrogen-bond acceptors (Lipinski definition) is 3. The molecule has 17 heavy (non-hydrogen) atoms. The van der Waals surface area contributed by atoms with Crippen LogP contribution in [-0.2, 0) is 0 Å². The van der Waals surface area contributed by atoms with Gasteiger partial charge in [0.15, 0.2) is 0 Å². The molecule has 0 aliphatic rings. The molecular formula is C14H14N2O. The first kappa shape index (κ1) is 11.2. The minimum atomic E-state index is 0.249. The Morgan fingerprint density at radius 2 is 1.65 bits per heavy atom. The second kappa shape index (κ2) is 5.16. The molecule has 0 amide bonds. The second-order valence-corrected chi connectivity index (χ2v) is 3.72. The highest BCUT2D eigenvalue weighted by molar-refractivity contribution is 5.99. The Labute approximate surface area is 100 Å². The molecule has 2 aromatic carbocycles. The molecule has 3 nitrogen and oxygen atoms in total. The van der Waals surface area contributed by atoms with E-state index in [0.29, 0.717) is 0 Å². The first-order chi connectivity index (χ1) is 8.25. The summed E-state index contributed by atoms with van der Waals surface area (Å²) in [4.78, 5) is 0. The predicted octanol–water partition coefficient (Wildman–Crippen LogP) is 3.23. The van der Waals surface area contributed by atoms with E-state index in [1.54, 1.807) is 24.3 Å². The fraction of sp³-hybridized carbons (Fsp3) is 0.0714. The molecular weight excluding hydrogens is 212 g/mol. The van der Waals surface area contributed by atoms with Crippen LogP contribution in [0.2, 0.25) is 0 Å². The van der Waals surface area contributed by atoms with Crippen molar-refractivity contribution in [1.82, 2.24) is 0 Å². The molecule has 0 heterocycles. The van der Waals surface area contributed by atoms with Crippen LogP contribution in [0.5, 0.6) is 5.75 Å². The molecule has 0 bridgehead atoms. The molecule has 86 valence electrons. The quantitative estimate of drug-likeness (QED) is 0.479. The van der Waals surface area contributed by atoms with Gasteiger partial charge in [-0.05, 0) is 36.8 Å². The molecule has 0 aliphatic carbocycles. The SMILES string of the molecule is CC(=NNc1ccc(O)cc1)c1ccccc1. The molecule has 2 rings (SSSR count). The lowest BCUT2D eigenvalue weighted by Gasteiger charge is -2.03. The van der Waals surface area contributed by atoms with Gasteiger partial charge in [-0.25, -0.2) is 0 Å². The lowest BCUT2D eigenvalue weighted by atomic mass is 10.1. The molecule has 0 saturated heterocycles. The van der Waals surface area contributed by atoms with E-state index in [2.05, 4.69) is 10.5 Å². The lowest BCUT2D eigenvalue weighted by molar-refractivity contribution is 0.475. The second-order valence-electron chi connectivity index (χ2n) is 3.72. The van der Waals surface area contributed by atoms with Gasteiger partial charge in [-0.15, -0.1) is 0 Å². The normalized spacial score (nSPS) is 11.2. The summed E-state index contributed by atoms with van der Waals surface area (Å²) in [5, 5.41) is 13.4. The van der Waals surface area contributed by atoms with Gasteiger partial charge in [0.1, 0.15) is 5.75 Å². The number of nitrogens with zero attached hydrogens (tertiary/aromatic N) is 1. The Morgan fingerprint density at radius 1 is 1.00 bits per heavy atom. The molecule has 0 radical (unpaired) electrons. The van der Waals surface area contributed by atoms with Gasteiger partial charge in [-0.1, -0.05) is 30.3 Å². The molecule has 0 atom stereocenters. The number of aromatic hydroxyl groups is 1. The maximum atomic E-state index is 9.15. The third-order valence-electron chi connectivity index (χ3n) is 2.41. The molecule has 0 unspecified atom stereocenters. The summed E-state index contributed by atoms with van der Waals surface area (Å²) in [6, 6.07) is 16.8. The summed E-state index contributed by atoms with van der Waals surface area (Å²) in [5.74, 6) is 0.249. The number of rotatable bonds is 3. The first-order valence-corrected chi connectivity index (χ1v) is 5.40. The summed E-state index contributed by atoms with van der Waals surface area (Å²) >= 11 is 0. The Kier molecular flexibility index (Phi) is 3.40. The van der Waals surface area contributed by atoms with Crippen LogP contribution >= 0.6 is 0 Å². The maximum Gasteiger partial charge on any atom is 0.115 e. The van der Waals surface area contributed by atoms with Gasteiger partial charge in [0.05, 0.1) is 11.4 Å². The Morgan fingerprint density at radius 3 is 2.29 bits per heavy atom. The van der Waals surface area contributed by atoms with Crippen molar-refractivity contribution in [2.24, 2.45) is 5.10 Å². The molecule has 0 aliphatic heterocycles. The predicted molar refractivity (Wildman–Crippen MR) is 70.4 cm³/mol. The average Bonchev–Trinajstić information content (AvgIpc) is 2.39. The summed E-state index contributed by atoms with van der Waals surface area (Å²) in [6.07, 6.45) is 0. The van der Waals surface area contributed by atoms with Crippen LogP contribution in [0.15, 0.2) is 59.7 Å². The standard InChI is InChI=1S/C14H14N2O/c1-11(12-5-3-2-4-6-12)15-16-13-7-9-14(17)10-8-13/h2-10,16-17H,1H3. The number of phenolic OH excluding ortho intramolecular Hbond substituents is 1. The van der Waals surface area contributed by atoms with E-state index in [1.807, 2.05) is 37.3 Å². The minimum absolute atomic E-state index is 0.249. The van der Waals surface area contributed by atoms with Crippen LogP contribution < -0.4 is 5.43 Å². The topological polar surface area (TPSA) is 44.6 Å². The number of phenols is 1. The molecule has 0 saturated carbocycles. The van der Waals surface area contributed by atoms with Gasteiger partial charge in [-0.2, -0.15) is 5.10 Å². The maximum absolute atomic E-state index is 9.15. The third-order valence-corrected chi connectivity index (χ3v) is 2.41. The number of nitrogens with one attached hydrogen (secondary N) is 1. The lowest BCUT2D eigenvalue weighted by Crippen LogP contribution is -1.99. The monoisotopic (exact) mass is 226 g/mol. The van der Waals surface area contributed by atoms with Crippen molar-refractivity contribution in [1.29, 1.82) is 0 Å². The largest absolute Gasteiger partial charge is 0.508 e. The first-order valence-electron chi connectivity index (χ1n) is 5.40. The van der Waals surface area contributed by atoms with Crippen molar-refractivity contribution in [3.8, 4) is 5.75 Å². The zero-order valence-corrected chi connectivity index (χ0v) is 9.59. The van der Waals surface area contributed by atoms with Crippen molar-refractivity contribution in [3.05, 3.63) is 60.2 Å². The van der Waals surface area contributed by atoms with E-state index < -0.39 is 0 Å². The summed E-state index contributed by atoms with van der Waals surface area (Å²) < 4.78 is 0. The van der Waals surface area contributed by atoms with E-state index >= 15 is 0 Å². The van der Waals surface area contributed by atoms with Crippen LogP contribution in [-0.4, -0.2) is 10.8 Å². The van der Waals surface area contributed by atoms with E-state index in [-0.39, 0.29) is 5.75 Å². The van der Waals surface area contributed by atoms with E-state index in [9.17, 15) is 0 Å². The Hall–Kier alpha value is -2.29. The van der Waals surface area contributed by atoms with Crippen molar-refractivity contribution < 1.29 is 5.11 Å². The van der Waals surface area contributed by atoms with Crippen molar-refractivity contribution in [2.75, 3.05) is 5.43 Å². The molecule has 2 aromatic rings. The number of anilines is 1. The molecule has 0 fully saturated rings. The third kappa shape index (κ3) is 3.08. The van der Waals surface area contributed by atoms with Gasteiger partial charge < -0.3 is 5.11 Å². The zero-order chi connectivity index (χ0) is 12.1. The van der Waals surface area contributed by atoms with E-state index in [0.717, 1.165) is 17.0 Å². The van der Waals surface area contributed by atoms with E-state index in [1.165, 1.54) is 0 Å². The fourth-order valence-corrected chi connectivity index (χ4v) is 1.43. The van der Waals surface area contributed by atoms with Crippen LogP contribution in [0.4, 0.5) is 5.69 Å². The summed E-state index contributed by atoms with van der Waals surface area (Å²) in [7, 11) is 0.